The van der Waals surface area contributed by atoms with Gasteiger partial charge in [-0.1, -0.05) is 24.3 Å². The summed E-state index contributed by atoms with van der Waals surface area (Å²) in [7, 11) is 0. The van der Waals surface area contributed by atoms with Crippen molar-refractivity contribution in [1.82, 2.24) is 9.80 Å². The summed E-state index contributed by atoms with van der Waals surface area (Å²) in [5.41, 5.74) is 1.97. The summed E-state index contributed by atoms with van der Waals surface area (Å²) in [5.74, 6) is 0.923. The summed E-state index contributed by atoms with van der Waals surface area (Å²) in [4.78, 5) is 17.0. The van der Waals surface area contributed by atoms with Crippen LogP contribution in [0, 0.1) is 5.82 Å². The van der Waals surface area contributed by atoms with Crippen LogP contribution in [-0.4, -0.2) is 54.4 Å². The number of halogens is 1. The number of nitrogens with zero attached hydrogens (tertiary/aromatic N) is 2. The third kappa shape index (κ3) is 6.39. The van der Waals surface area contributed by atoms with Crippen molar-refractivity contribution >= 4 is 5.91 Å². The summed E-state index contributed by atoms with van der Waals surface area (Å²) in [6, 6.07) is 18.2. The van der Waals surface area contributed by atoms with Crippen LogP contribution in [0.1, 0.15) is 47.2 Å². The van der Waals surface area contributed by atoms with Gasteiger partial charge in [0.1, 0.15) is 17.3 Å². The van der Waals surface area contributed by atoms with Crippen LogP contribution in [0.25, 0.3) is 0 Å². The van der Waals surface area contributed by atoms with Gasteiger partial charge in [-0.3, -0.25) is 9.69 Å². The maximum absolute atomic E-state index is 13.8. The van der Waals surface area contributed by atoms with Gasteiger partial charge in [0, 0.05) is 39.0 Å². The van der Waals surface area contributed by atoms with E-state index in [2.05, 4.69) is 4.90 Å². The molecule has 2 fully saturated rings. The zero-order valence-electron chi connectivity index (χ0n) is 21.2. The molecular weight excluding hydrogens is 475 g/mol. The van der Waals surface area contributed by atoms with Gasteiger partial charge in [-0.2, -0.15) is 0 Å². The largest absolute Gasteiger partial charge is 0.494 e. The fraction of sp³-hybridized carbons (Fsp3) is 0.414. The van der Waals surface area contributed by atoms with Crippen LogP contribution in [0.4, 0.5) is 4.39 Å². The molecule has 0 N–H and O–H groups in total. The molecule has 1 spiro atoms. The number of furan rings is 1. The van der Waals surface area contributed by atoms with Gasteiger partial charge in [-0.15, -0.1) is 0 Å². The molecule has 0 unspecified atom stereocenters. The molecule has 2 aliphatic rings. The number of carbonyl (C=O) groups is 1. The van der Waals surface area contributed by atoms with E-state index in [1.807, 2.05) is 43.3 Å². The molecule has 3 heterocycles. The monoisotopic (exact) mass is 508 g/mol. The molecule has 0 aliphatic carbocycles. The van der Waals surface area contributed by atoms with Crippen LogP contribution in [0.3, 0.4) is 0 Å². The fourth-order valence-corrected chi connectivity index (χ4v) is 4.97. The Balaban J connectivity index is 1.26. The van der Waals surface area contributed by atoms with E-state index in [0.717, 1.165) is 16.9 Å². The zero-order valence-corrected chi connectivity index (χ0v) is 21.2. The summed E-state index contributed by atoms with van der Waals surface area (Å²) in [6.45, 7) is 6.56. The van der Waals surface area contributed by atoms with E-state index in [1.54, 1.807) is 23.1 Å². The molecule has 0 radical (unpaired) electrons. The molecule has 3 aromatic rings. The molecule has 0 bridgehead atoms. The van der Waals surface area contributed by atoms with Gasteiger partial charge in [0.15, 0.2) is 11.5 Å². The van der Waals surface area contributed by atoms with Crippen LogP contribution < -0.4 is 4.74 Å². The maximum atomic E-state index is 13.8. The Hall–Kier alpha value is -3.20. The first-order valence-corrected chi connectivity index (χ1v) is 12.9. The van der Waals surface area contributed by atoms with Crippen LogP contribution in [0.2, 0.25) is 0 Å². The van der Waals surface area contributed by atoms with E-state index >= 15 is 0 Å². The maximum Gasteiger partial charge on any atom is 0.289 e. The fourth-order valence-electron chi connectivity index (χ4n) is 4.97. The van der Waals surface area contributed by atoms with Crippen molar-refractivity contribution in [3.63, 3.8) is 0 Å². The molecule has 5 rings (SSSR count). The highest BCUT2D eigenvalue weighted by molar-refractivity contribution is 5.91. The molecule has 2 aliphatic heterocycles. The number of piperidine rings is 1. The van der Waals surface area contributed by atoms with Crippen molar-refractivity contribution < 1.29 is 27.8 Å². The third-order valence-electron chi connectivity index (χ3n) is 6.81. The van der Waals surface area contributed by atoms with Gasteiger partial charge in [-0.25, -0.2) is 4.39 Å². The molecule has 7 nitrogen and oxygen atoms in total. The molecule has 0 atom stereocenters. The first-order chi connectivity index (χ1) is 18.0. The minimum atomic E-state index is -0.524. The Morgan fingerprint density at radius 3 is 2.41 bits per heavy atom. The van der Waals surface area contributed by atoms with Crippen LogP contribution in [-0.2, 0) is 29.1 Å². The topological polar surface area (TPSA) is 64.4 Å². The average Bonchev–Trinajstić information content (AvgIpc) is 3.55. The molecule has 1 aromatic heterocycles. The third-order valence-corrected chi connectivity index (χ3v) is 6.81. The van der Waals surface area contributed by atoms with Gasteiger partial charge < -0.3 is 23.5 Å². The minimum Gasteiger partial charge on any atom is -0.494 e. The Morgan fingerprint density at radius 2 is 1.70 bits per heavy atom. The lowest BCUT2D eigenvalue weighted by atomic mass is 10.0. The lowest BCUT2D eigenvalue weighted by Crippen LogP contribution is -2.47. The quantitative estimate of drug-likeness (QED) is 0.405. The molecule has 2 aromatic carbocycles. The second-order valence-corrected chi connectivity index (χ2v) is 9.52. The van der Waals surface area contributed by atoms with Gasteiger partial charge >= 0.3 is 0 Å². The van der Waals surface area contributed by atoms with Gasteiger partial charge in [0.25, 0.3) is 5.91 Å². The molecule has 196 valence electrons. The van der Waals surface area contributed by atoms with E-state index in [1.165, 1.54) is 6.07 Å². The lowest BCUT2D eigenvalue weighted by molar-refractivity contribution is -0.181. The zero-order chi connectivity index (χ0) is 25.7. The summed E-state index contributed by atoms with van der Waals surface area (Å²) in [6.07, 6.45) is 1.33. The SMILES string of the molecule is CCOc1ccc(CN(Cc2cccc(F)c2)Cc2ccc(C(=O)N3CCC4(CC3)OCCO4)o2)cc1. The smallest absolute Gasteiger partial charge is 0.289 e. The lowest BCUT2D eigenvalue weighted by Gasteiger charge is -2.37. The number of hydrogen-bond donors (Lipinski definition) is 0. The first-order valence-electron chi connectivity index (χ1n) is 12.9. The Labute approximate surface area is 216 Å². The predicted octanol–water partition coefficient (Wildman–Crippen LogP) is 5.00. The highest BCUT2D eigenvalue weighted by Crippen LogP contribution is 2.32. The molecule has 0 saturated carbocycles. The van der Waals surface area contributed by atoms with Crippen molar-refractivity contribution in [2.75, 3.05) is 32.9 Å². The summed E-state index contributed by atoms with van der Waals surface area (Å²) >= 11 is 0. The van der Waals surface area contributed by atoms with Crippen molar-refractivity contribution in [1.29, 1.82) is 0 Å². The van der Waals surface area contributed by atoms with Gasteiger partial charge in [-0.05, 0) is 54.4 Å². The van der Waals surface area contributed by atoms with E-state index in [9.17, 15) is 9.18 Å². The van der Waals surface area contributed by atoms with E-state index in [4.69, 9.17) is 18.6 Å². The number of carbonyl (C=O) groups excluding carboxylic acids is 1. The highest BCUT2D eigenvalue weighted by Gasteiger charge is 2.41. The normalized spacial score (nSPS) is 17.0. The average molecular weight is 509 g/mol. The van der Waals surface area contributed by atoms with Crippen molar-refractivity contribution in [2.45, 2.75) is 45.2 Å². The summed E-state index contributed by atoms with van der Waals surface area (Å²) in [5, 5.41) is 0. The molecule has 37 heavy (non-hydrogen) atoms. The number of amides is 1. The first kappa shape index (κ1) is 25.4. The molecule has 8 heteroatoms. The predicted molar refractivity (Wildman–Crippen MR) is 135 cm³/mol. The molecule has 1 amide bonds. The minimum absolute atomic E-state index is 0.123. The summed E-state index contributed by atoms with van der Waals surface area (Å²) < 4.78 is 36.9. The van der Waals surface area contributed by atoms with E-state index in [-0.39, 0.29) is 11.7 Å². The van der Waals surface area contributed by atoms with Crippen molar-refractivity contribution in [3.8, 4) is 5.75 Å². The molecule has 2 saturated heterocycles. The Morgan fingerprint density at radius 1 is 0.973 bits per heavy atom. The standard InChI is InChI=1S/C29H33FN2O5/c1-2-34-25-8-6-22(7-9-25)19-31(20-23-4-3-5-24(30)18-23)21-26-10-11-27(37-26)28(33)32-14-12-29(13-15-32)35-16-17-36-29/h3-11,18H,2,12-17,19-21H2,1H3. The number of benzene rings is 2. The second-order valence-electron chi connectivity index (χ2n) is 9.52. The van der Waals surface area contributed by atoms with E-state index < -0.39 is 5.79 Å². The van der Waals surface area contributed by atoms with Gasteiger partial charge in [0.05, 0.1) is 26.4 Å². The second kappa shape index (κ2) is 11.5. The van der Waals surface area contributed by atoms with Crippen LogP contribution >= 0.6 is 0 Å². The van der Waals surface area contributed by atoms with Crippen molar-refractivity contribution in [3.05, 3.63) is 89.1 Å². The molecular formula is C29H33FN2O5. The van der Waals surface area contributed by atoms with E-state index in [0.29, 0.717) is 76.9 Å². The Kier molecular flexibility index (Phi) is 7.88. The number of rotatable bonds is 9. The van der Waals surface area contributed by atoms with Crippen molar-refractivity contribution in [2.24, 2.45) is 0 Å². The Bertz CT molecular complexity index is 1180. The van der Waals surface area contributed by atoms with Gasteiger partial charge in [0.2, 0.25) is 0 Å². The number of likely N-dealkylation sites (tertiary alicyclic amines) is 1. The van der Waals surface area contributed by atoms with Crippen LogP contribution in [0.15, 0.2) is 65.1 Å². The number of ether oxygens (including phenoxy) is 3. The van der Waals surface area contributed by atoms with Crippen LogP contribution in [0.5, 0.6) is 5.75 Å². The highest BCUT2D eigenvalue weighted by atomic mass is 19.1. The number of hydrogen-bond acceptors (Lipinski definition) is 6.